The summed E-state index contributed by atoms with van der Waals surface area (Å²) < 4.78 is 1.60. The average molecular weight is 512 g/mol. The number of carbonyl (C=O) groups excluding carboxylic acids is 1. The van der Waals surface area contributed by atoms with Crippen LogP contribution in [0.1, 0.15) is 41.0 Å². The van der Waals surface area contributed by atoms with Crippen LogP contribution in [0.25, 0.3) is 0 Å². The zero-order valence-electron chi connectivity index (χ0n) is 19.1. The van der Waals surface area contributed by atoms with Gasteiger partial charge in [-0.1, -0.05) is 42.1 Å². The molecule has 2 aromatic carbocycles. The smallest absolute Gasteiger partial charge is 0.293 e. The average Bonchev–Trinajstić information content (AvgIpc) is 3.22. The highest BCUT2D eigenvalue weighted by Crippen LogP contribution is 2.31. The summed E-state index contributed by atoms with van der Waals surface area (Å²) in [5, 5.41) is 23.2. The summed E-state index contributed by atoms with van der Waals surface area (Å²) in [5.41, 5.74) is 4.66. The van der Waals surface area contributed by atoms with Crippen molar-refractivity contribution >= 4 is 46.4 Å². The molecule has 3 aromatic rings. The van der Waals surface area contributed by atoms with Gasteiger partial charge in [0.1, 0.15) is 11.5 Å². The van der Waals surface area contributed by atoms with Crippen LogP contribution in [0.15, 0.2) is 53.7 Å². The van der Waals surface area contributed by atoms with Gasteiger partial charge in [-0.3, -0.25) is 25.7 Å². The number of anilines is 1. The minimum absolute atomic E-state index is 0.0298. The first-order chi connectivity index (χ1) is 16.9. The zero-order valence-corrected chi connectivity index (χ0v) is 20.8. The van der Waals surface area contributed by atoms with Crippen LogP contribution in [0.2, 0.25) is 0 Å². The molecule has 0 unspecified atom stereocenters. The molecule has 12 heteroatoms. The molecule has 1 amide bonds. The van der Waals surface area contributed by atoms with Crippen molar-refractivity contribution in [1.82, 2.24) is 20.2 Å². The summed E-state index contributed by atoms with van der Waals surface area (Å²) in [4.78, 5) is 26.1. The molecule has 1 aliphatic heterocycles. The first-order valence-electron chi connectivity index (χ1n) is 11.2. The lowest BCUT2D eigenvalue weighted by Gasteiger charge is -2.28. The predicted octanol–water partition coefficient (Wildman–Crippen LogP) is 4.04. The second-order valence-electron chi connectivity index (χ2n) is 8.04. The first-order valence-corrected chi connectivity index (χ1v) is 12.6. The van der Waals surface area contributed by atoms with E-state index in [1.54, 1.807) is 23.7 Å². The third-order valence-corrected chi connectivity index (χ3v) is 6.77. The van der Waals surface area contributed by atoms with Gasteiger partial charge in [0, 0.05) is 30.5 Å². The van der Waals surface area contributed by atoms with Crippen molar-refractivity contribution in [1.29, 1.82) is 0 Å². The van der Waals surface area contributed by atoms with E-state index in [4.69, 9.17) is 12.2 Å². The molecule has 35 heavy (non-hydrogen) atoms. The van der Waals surface area contributed by atoms with Gasteiger partial charge in [-0.25, -0.2) is 4.68 Å². The molecule has 0 saturated carbocycles. The zero-order chi connectivity index (χ0) is 24.8. The van der Waals surface area contributed by atoms with Gasteiger partial charge in [0.2, 0.25) is 5.16 Å². The Morgan fingerprint density at radius 1 is 1.14 bits per heavy atom. The van der Waals surface area contributed by atoms with Crippen molar-refractivity contribution in [2.45, 2.75) is 37.1 Å². The van der Waals surface area contributed by atoms with Gasteiger partial charge in [0.25, 0.3) is 11.6 Å². The number of rotatable bonds is 7. The fourth-order valence-corrected chi connectivity index (χ4v) is 4.88. The van der Waals surface area contributed by atoms with E-state index in [0.29, 0.717) is 22.4 Å². The molecule has 1 saturated heterocycles. The number of piperidine rings is 1. The molecule has 1 aliphatic rings. The molecule has 10 nitrogen and oxygen atoms in total. The van der Waals surface area contributed by atoms with Gasteiger partial charge in [0.05, 0.1) is 4.92 Å². The van der Waals surface area contributed by atoms with Crippen molar-refractivity contribution < 1.29 is 9.72 Å². The Morgan fingerprint density at radius 2 is 1.89 bits per heavy atom. The van der Waals surface area contributed by atoms with Crippen LogP contribution >= 0.6 is 24.0 Å². The number of thiocarbonyl (C=S) groups is 1. The van der Waals surface area contributed by atoms with Gasteiger partial charge < -0.3 is 4.90 Å². The maximum Gasteiger partial charge on any atom is 0.293 e. The highest BCUT2D eigenvalue weighted by molar-refractivity contribution is 7.98. The Morgan fingerprint density at radius 3 is 2.60 bits per heavy atom. The Kier molecular flexibility index (Phi) is 7.93. The second-order valence-corrected chi connectivity index (χ2v) is 9.39. The maximum absolute atomic E-state index is 12.8. The molecule has 4 rings (SSSR count). The Balaban J connectivity index is 1.42. The summed E-state index contributed by atoms with van der Waals surface area (Å²) in [6.07, 6.45) is 3.11. The lowest BCUT2D eigenvalue weighted by atomic mass is 10.1. The normalized spacial score (nSPS) is 13.3. The van der Waals surface area contributed by atoms with Crippen molar-refractivity contribution in [3.05, 3.63) is 75.6 Å². The molecule has 0 radical (unpaired) electrons. The van der Waals surface area contributed by atoms with E-state index in [0.717, 1.165) is 37.9 Å². The number of nitrogens with one attached hydrogen (secondary N) is 2. The highest BCUT2D eigenvalue weighted by Gasteiger charge is 2.23. The molecule has 0 atom stereocenters. The van der Waals surface area contributed by atoms with E-state index < -0.39 is 10.8 Å². The van der Waals surface area contributed by atoms with Gasteiger partial charge in [0.15, 0.2) is 5.11 Å². The molecule has 1 fully saturated rings. The SMILES string of the molecule is Cc1nnc(SCc2ccccc2)n1NC(=S)NC(=O)c1ccc(N2CCCCC2)c([N+](=O)[O-])c1. The van der Waals surface area contributed by atoms with Gasteiger partial charge in [-0.05, 0) is 56.1 Å². The van der Waals surface area contributed by atoms with Gasteiger partial charge >= 0.3 is 0 Å². The van der Waals surface area contributed by atoms with Gasteiger partial charge in [-0.2, -0.15) is 0 Å². The van der Waals surface area contributed by atoms with E-state index in [2.05, 4.69) is 20.9 Å². The molecule has 2 N–H and O–H groups in total. The largest absolute Gasteiger partial charge is 0.366 e. The van der Waals surface area contributed by atoms with E-state index in [1.165, 1.54) is 17.8 Å². The molecule has 1 aromatic heterocycles. The van der Waals surface area contributed by atoms with Crippen LogP contribution in [0.4, 0.5) is 11.4 Å². The molecule has 0 bridgehead atoms. The highest BCUT2D eigenvalue weighted by atomic mass is 32.2. The summed E-state index contributed by atoms with van der Waals surface area (Å²) >= 11 is 6.79. The molecular weight excluding hydrogens is 486 g/mol. The van der Waals surface area contributed by atoms with Crippen molar-refractivity contribution in [3.8, 4) is 0 Å². The molecule has 0 aliphatic carbocycles. The van der Waals surface area contributed by atoms with E-state index in [-0.39, 0.29) is 16.4 Å². The molecule has 0 spiro atoms. The number of hydrogen-bond donors (Lipinski definition) is 2. The fourth-order valence-electron chi connectivity index (χ4n) is 3.81. The Hall–Kier alpha value is -3.51. The second kappa shape index (κ2) is 11.3. The molecule has 182 valence electrons. The number of aryl methyl sites for hydroxylation is 1. The summed E-state index contributed by atoms with van der Waals surface area (Å²) in [7, 11) is 0. The van der Waals surface area contributed by atoms with Crippen LogP contribution in [0.5, 0.6) is 0 Å². The molecular formula is C23H25N7O3S2. The van der Waals surface area contributed by atoms with E-state index >= 15 is 0 Å². The Labute approximate surface area is 212 Å². The monoisotopic (exact) mass is 511 g/mol. The van der Waals surface area contributed by atoms with Crippen molar-refractivity contribution in [2.75, 3.05) is 23.4 Å². The van der Waals surface area contributed by atoms with Crippen LogP contribution < -0.4 is 15.6 Å². The fraction of sp³-hybridized carbons (Fsp3) is 0.304. The number of hydrogen-bond acceptors (Lipinski definition) is 8. The summed E-state index contributed by atoms with van der Waals surface area (Å²) in [5.74, 6) is 0.714. The van der Waals surface area contributed by atoms with Crippen LogP contribution in [-0.2, 0) is 5.75 Å². The minimum Gasteiger partial charge on any atom is -0.366 e. The lowest BCUT2D eigenvalue weighted by Crippen LogP contribution is -2.38. The van der Waals surface area contributed by atoms with Crippen LogP contribution in [0, 0.1) is 17.0 Å². The number of benzene rings is 2. The number of thioether (sulfide) groups is 1. The third-order valence-electron chi connectivity index (χ3n) is 5.58. The quantitative estimate of drug-likeness (QED) is 0.210. The minimum atomic E-state index is -0.542. The third kappa shape index (κ3) is 6.14. The first kappa shape index (κ1) is 24.6. The van der Waals surface area contributed by atoms with Crippen LogP contribution in [-0.4, -0.2) is 43.9 Å². The number of nitro groups is 1. The topological polar surface area (TPSA) is 118 Å². The standard InChI is InChI=1S/C23H25N7O3S2/c1-16-25-26-23(35-15-17-8-4-2-5-9-17)29(16)27-22(34)24-21(31)18-10-11-19(20(14-18)30(32)33)28-12-6-3-7-13-28/h2,4-5,8-11,14H,3,6-7,12-13,15H2,1H3,(H2,24,27,31,34). The summed E-state index contributed by atoms with van der Waals surface area (Å²) in [6, 6.07) is 14.5. The number of carbonyl (C=O) groups is 1. The van der Waals surface area contributed by atoms with Gasteiger partial charge in [-0.15, -0.1) is 10.2 Å². The lowest BCUT2D eigenvalue weighted by molar-refractivity contribution is -0.384. The number of aromatic nitrogens is 3. The maximum atomic E-state index is 12.8. The Bertz CT molecular complexity index is 1230. The molecule has 2 heterocycles. The van der Waals surface area contributed by atoms with E-state index in [9.17, 15) is 14.9 Å². The van der Waals surface area contributed by atoms with Crippen LogP contribution in [0.3, 0.4) is 0 Å². The predicted molar refractivity (Wildman–Crippen MR) is 139 cm³/mol. The summed E-state index contributed by atoms with van der Waals surface area (Å²) in [6.45, 7) is 3.30. The van der Waals surface area contributed by atoms with Crippen molar-refractivity contribution in [2.24, 2.45) is 0 Å². The number of amides is 1. The van der Waals surface area contributed by atoms with Crippen molar-refractivity contribution in [3.63, 3.8) is 0 Å². The number of nitrogens with zero attached hydrogens (tertiary/aromatic N) is 5. The number of nitro benzene ring substituents is 1. The van der Waals surface area contributed by atoms with E-state index in [1.807, 2.05) is 35.2 Å².